The summed E-state index contributed by atoms with van der Waals surface area (Å²) < 4.78 is 14.5. The van der Waals surface area contributed by atoms with E-state index in [0.29, 0.717) is 11.3 Å². The van der Waals surface area contributed by atoms with Crippen LogP contribution in [0.5, 0.6) is 0 Å². The van der Waals surface area contributed by atoms with E-state index < -0.39 is 12.5 Å². The molecule has 0 spiro atoms. The number of carboxylic acids is 1. The summed E-state index contributed by atoms with van der Waals surface area (Å²) in [6, 6.07) is 21.3. The Morgan fingerprint density at radius 1 is 1.03 bits per heavy atom. The lowest BCUT2D eigenvalue weighted by molar-refractivity contribution is -0.131. The fourth-order valence-electron chi connectivity index (χ4n) is 4.72. The summed E-state index contributed by atoms with van der Waals surface area (Å²) in [5.41, 5.74) is 4.10. The molecule has 4 aromatic rings. The van der Waals surface area contributed by atoms with Gasteiger partial charge in [-0.1, -0.05) is 61.7 Å². The molecule has 5 rings (SSSR count). The van der Waals surface area contributed by atoms with Crippen LogP contribution in [0.3, 0.4) is 0 Å². The van der Waals surface area contributed by atoms with E-state index in [2.05, 4.69) is 22.6 Å². The van der Waals surface area contributed by atoms with Crippen LogP contribution in [-0.2, 0) is 16.1 Å². The second-order valence-electron chi connectivity index (χ2n) is 9.14. The average molecular weight is 498 g/mol. The highest BCUT2D eigenvalue weighted by atomic mass is 32.1. The van der Waals surface area contributed by atoms with E-state index >= 15 is 0 Å². The number of hydrogen-bond donors (Lipinski definition) is 1. The number of fused-ring (bicyclic) bond motifs is 1. The molecule has 182 valence electrons. The van der Waals surface area contributed by atoms with Gasteiger partial charge in [0, 0.05) is 29.3 Å². The zero-order chi connectivity index (χ0) is 25.8. The maximum Gasteiger partial charge on any atom is 0.328 e. The zero-order valence-electron chi connectivity index (χ0n) is 20.8. The van der Waals surface area contributed by atoms with Crippen LogP contribution in [0, 0.1) is 5.92 Å². The van der Waals surface area contributed by atoms with Crippen LogP contribution in [0.4, 0.5) is 5.69 Å². The van der Waals surface area contributed by atoms with Crippen LogP contribution in [0.1, 0.15) is 44.6 Å². The largest absolute Gasteiger partial charge is 0.478 e. The summed E-state index contributed by atoms with van der Waals surface area (Å²) in [7, 11) is 0. The predicted octanol–water partition coefficient (Wildman–Crippen LogP) is 7.17. The Morgan fingerprint density at radius 2 is 1.81 bits per heavy atom. The van der Waals surface area contributed by atoms with Crippen molar-refractivity contribution in [2.45, 2.75) is 38.6 Å². The monoisotopic (exact) mass is 497 g/mol. The molecule has 1 saturated carbocycles. The van der Waals surface area contributed by atoms with Crippen LogP contribution < -0.4 is 4.90 Å². The minimum Gasteiger partial charge on any atom is -0.478 e. The normalized spacial score (nSPS) is 15.6. The minimum atomic E-state index is -1.03. The molecule has 36 heavy (non-hydrogen) atoms. The van der Waals surface area contributed by atoms with Crippen molar-refractivity contribution in [3.63, 3.8) is 0 Å². The fourth-order valence-corrected chi connectivity index (χ4v) is 5.35. The van der Waals surface area contributed by atoms with Crippen LogP contribution in [0.2, 0.25) is 0 Å². The second-order valence-corrected chi connectivity index (χ2v) is 9.97. The highest BCUT2D eigenvalue weighted by Gasteiger charge is 2.27. The summed E-state index contributed by atoms with van der Waals surface area (Å²) in [6.07, 6.45) is 9.29. The minimum absolute atomic E-state index is 0.0430. The third-order valence-corrected chi connectivity index (χ3v) is 7.41. The Kier molecular flexibility index (Phi) is 6.85. The molecule has 1 amide bonds. The van der Waals surface area contributed by atoms with Gasteiger partial charge < -0.3 is 10.0 Å². The Balaban J connectivity index is 1.46. The van der Waals surface area contributed by atoms with E-state index in [1.165, 1.54) is 17.6 Å². The quantitative estimate of drug-likeness (QED) is 0.275. The van der Waals surface area contributed by atoms with Gasteiger partial charge in [0.1, 0.15) is 0 Å². The van der Waals surface area contributed by atoms with Gasteiger partial charge in [-0.3, -0.25) is 4.79 Å². The maximum absolute atomic E-state index is 13.8. The molecule has 1 N–H and O–H groups in total. The van der Waals surface area contributed by atoms with Crippen LogP contribution in [0.15, 0.2) is 79.0 Å². The molecular formula is C30H28N2O3S. The number of nitrogens with zero attached hydrogens (tertiary/aromatic N) is 2. The molecule has 0 aliphatic heterocycles. The first-order chi connectivity index (χ1) is 18.0. The molecule has 0 bridgehead atoms. The van der Waals surface area contributed by atoms with Gasteiger partial charge in [-0.15, -0.1) is 0 Å². The van der Waals surface area contributed by atoms with Gasteiger partial charge in [-0.2, -0.15) is 4.37 Å². The van der Waals surface area contributed by atoms with E-state index in [1.807, 2.05) is 36.5 Å². The molecule has 0 saturated heterocycles. The second kappa shape index (κ2) is 10.9. The summed E-state index contributed by atoms with van der Waals surface area (Å²) in [6.45, 7) is -0.925. The van der Waals surface area contributed by atoms with Gasteiger partial charge >= 0.3 is 5.97 Å². The van der Waals surface area contributed by atoms with Crippen molar-refractivity contribution < 1.29 is 16.1 Å². The van der Waals surface area contributed by atoms with Crippen molar-refractivity contribution in [3.05, 3.63) is 90.1 Å². The number of aromatic nitrogens is 1. The standard InChI is InChI=1S/C30H28N2O3S/c33-29(34)16-11-21-5-4-8-27(17-21)32(30(35)24-6-2-1-3-7-24)20-22-9-12-23(13-10-22)25-14-15-28-26(18-25)19-31-36-28/h4-5,8-19,24H,1-3,6-7,20H2,(H,33,34)/b16-11+/i20D. The molecule has 1 fully saturated rings. The number of carbonyl (C=O) groups excluding carboxylic acids is 1. The number of anilines is 1. The highest BCUT2D eigenvalue weighted by Crippen LogP contribution is 2.30. The number of hydrogen-bond acceptors (Lipinski definition) is 4. The first-order valence-corrected chi connectivity index (χ1v) is 13.0. The molecule has 1 aliphatic carbocycles. The molecule has 0 radical (unpaired) electrons. The lowest BCUT2D eigenvalue weighted by Crippen LogP contribution is -2.36. The van der Waals surface area contributed by atoms with E-state index in [1.54, 1.807) is 23.1 Å². The molecule has 1 aliphatic rings. The number of benzene rings is 3. The van der Waals surface area contributed by atoms with Gasteiger partial charge in [0.25, 0.3) is 0 Å². The third kappa shape index (κ3) is 5.55. The van der Waals surface area contributed by atoms with Crippen molar-refractivity contribution in [2.24, 2.45) is 5.92 Å². The Morgan fingerprint density at radius 3 is 2.58 bits per heavy atom. The van der Waals surface area contributed by atoms with Crippen molar-refractivity contribution in [2.75, 3.05) is 4.90 Å². The van der Waals surface area contributed by atoms with E-state index in [-0.39, 0.29) is 11.8 Å². The summed E-state index contributed by atoms with van der Waals surface area (Å²) >= 11 is 1.47. The van der Waals surface area contributed by atoms with Crippen LogP contribution >= 0.6 is 11.5 Å². The van der Waals surface area contributed by atoms with E-state index in [4.69, 9.17) is 6.48 Å². The van der Waals surface area contributed by atoms with Crippen molar-refractivity contribution in [1.29, 1.82) is 0 Å². The zero-order valence-corrected chi connectivity index (χ0v) is 20.7. The lowest BCUT2D eigenvalue weighted by Gasteiger charge is -2.30. The summed E-state index contributed by atoms with van der Waals surface area (Å²) in [5, 5.41) is 10.1. The third-order valence-electron chi connectivity index (χ3n) is 6.63. The molecule has 1 heterocycles. The number of carboxylic acid groups (broad SMARTS) is 1. The molecular weight excluding hydrogens is 468 g/mol. The van der Waals surface area contributed by atoms with Crippen LogP contribution in [0.25, 0.3) is 27.3 Å². The summed E-state index contributed by atoms with van der Waals surface area (Å²) in [5.74, 6) is -1.18. The average Bonchev–Trinajstić information content (AvgIpc) is 3.41. The van der Waals surface area contributed by atoms with Gasteiger partial charge in [-0.05, 0) is 77.0 Å². The van der Waals surface area contributed by atoms with Crippen molar-refractivity contribution in [3.8, 4) is 11.1 Å². The smallest absolute Gasteiger partial charge is 0.328 e. The SMILES string of the molecule is [2H]C(c1ccc(-c2ccc3sncc3c2)cc1)N(C(=O)C1CCCCC1)c1cccc(/C=C/C(=O)O)c1. The van der Waals surface area contributed by atoms with Crippen molar-refractivity contribution in [1.82, 2.24) is 4.37 Å². The fraction of sp³-hybridized carbons (Fsp3) is 0.233. The number of rotatable bonds is 7. The predicted molar refractivity (Wildman–Crippen MR) is 146 cm³/mol. The van der Waals surface area contributed by atoms with Crippen molar-refractivity contribution >= 4 is 45.3 Å². The molecule has 1 unspecified atom stereocenters. The van der Waals surface area contributed by atoms with Gasteiger partial charge in [-0.25, -0.2) is 4.79 Å². The maximum atomic E-state index is 13.8. The molecule has 1 atom stereocenters. The molecule has 3 aromatic carbocycles. The lowest BCUT2D eigenvalue weighted by atomic mass is 9.88. The molecule has 1 aromatic heterocycles. The molecule has 5 nitrogen and oxygen atoms in total. The van der Waals surface area contributed by atoms with E-state index in [0.717, 1.165) is 65.0 Å². The van der Waals surface area contributed by atoms with Gasteiger partial charge in [0.15, 0.2) is 0 Å². The number of carbonyl (C=O) groups is 2. The summed E-state index contributed by atoms with van der Waals surface area (Å²) in [4.78, 5) is 26.3. The number of amides is 1. The topological polar surface area (TPSA) is 70.5 Å². The van der Waals surface area contributed by atoms with Gasteiger partial charge in [0.2, 0.25) is 5.91 Å². The first-order valence-electron chi connectivity index (χ1n) is 12.8. The van der Waals surface area contributed by atoms with Crippen LogP contribution in [-0.4, -0.2) is 21.4 Å². The molecule has 6 heteroatoms. The first kappa shape index (κ1) is 22.7. The Labute approximate surface area is 216 Å². The Hall–Kier alpha value is -3.77. The highest BCUT2D eigenvalue weighted by molar-refractivity contribution is 7.13. The van der Waals surface area contributed by atoms with Gasteiger partial charge in [0.05, 0.1) is 12.6 Å². The van der Waals surface area contributed by atoms with E-state index in [9.17, 15) is 9.59 Å². The number of aliphatic carboxylic acids is 1. The Bertz CT molecular complexity index is 1440.